The number of aromatic hydroxyl groups is 1. The van der Waals surface area contributed by atoms with Gasteiger partial charge in [0, 0.05) is 5.39 Å². The third-order valence-electron chi connectivity index (χ3n) is 5.48. The van der Waals surface area contributed by atoms with Gasteiger partial charge in [0.1, 0.15) is 5.69 Å². The van der Waals surface area contributed by atoms with Crippen molar-refractivity contribution in [2.45, 2.75) is 26.4 Å². The summed E-state index contributed by atoms with van der Waals surface area (Å²) in [5.74, 6) is -0.435. The predicted octanol–water partition coefficient (Wildman–Crippen LogP) is 4.02. The molecule has 4 N–H and O–H groups in total. The zero-order chi connectivity index (χ0) is 21.0. The van der Waals surface area contributed by atoms with Crippen molar-refractivity contribution in [3.8, 4) is 28.4 Å². The van der Waals surface area contributed by atoms with Crippen LogP contribution in [0.5, 0.6) is 5.75 Å². The normalized spacial score (nSPS) is 13.2. The Balaban J connectivity index is 1.53. The van der Waals surface area contributed by atoms with E-state index in [2.05, 4.69) is 20.2 Å². The number of H-pyrrole nitrogens is 2. The van der Waals surface area contributed by atoms with Crippen molar-refractivity contribution in [3.05, 3.63) is 53.1 Å². The standard InChI is InChI=1S/C21H18FN5O3/c1-2-10-6-18(28)14(22)7-13(10)11-3-4-12-15(5-11)25-26-19(12)20-23-16-8-27(21(29)30)9-17(16)24-20/h3-7,28H,2,8-9H2,1H3,(H,23,24)(H,25,26)(H,29,30). The van der Waals surface area contributed by atoms with Crippen LogP contribution in [0, 0.1) is 5.82 Å². The Morgan fingerprint density at radius 1 is 1.27 bits per heavy atom. The lowest BCUT2D eigenvalue weighted by atomic mass is 9.96. The van der Waals surface area contributed by atoms with Gasteiger partial charge in [0.2, 0.25) is 0 Å². The maximum absolute atomic E-state index is 14.0. The highest BCUT2D eigenvalue weighted by atomic mass is 19.1. The molecule has 4 aromatic rings. The summed E-state index contributed by atoms with van der Waals surface area (Å²) in [5.41, 5.74) is 5.25. The van der Waals surface area contributed by atoms with Gasteiger partial charge in [-0.25, -0.2) is 14.2 Å². The number of aryl methyl sites for hydroxylation is 1. The molecule has 8 nitrogen and oxygen atoms in total. The smallest absolute Gasteiger partial charge is 0.408 e. The summed E-state index contributed by atoms with van der Waals surface area (Å²) in [6, 6.07) is 8.47. The van der Waals surface area contributed by atoms with Gasteiger partial charge in [0.05, 0.1) is 30.0 Å². The number of phenolic OH excluding ortho intramolecular Hbond substituents is 1. The molecule has 9 heteroatoms. The zero-order valence-electron chi connectivity index (χ0n) is 16.0. The van der Waals surface area contributed by atoms with Crippen LogP contribution < -0.4 is 0 Å². The third kappa shape index (κ3) is 2.78. The molecule has 0 radical (unpaired) electrons. The Hall–Kier alpha value is -3.88. The van der Waals surface area contributed by atoms with Gasteiger partial charge in [0.15, 0.2) is 17.4 Å². The molecule has 0 bridgehead atoms. The molecule has 2 aromatic carbocycles. The van der Waals surface area contributed by atoms with E-state index < -0.39 is 11.9 Å². The van der Waals surface area contributed by atoms with Crippen molar-refractivity contribution < 1.29 is 19.4 Å². The molecule has 5 rings (SSSR count). The quantitative estimate of drug-likeness (QED) is 0.409. The Morgan fingerprint density at radius 2 is 2.10 bits per heavy atom. The highest BCUT2D eigenvalue weighted by Gasteiger charge is 2.27. The molecular formula is C21H18FN5O3. The first-order valence-electron chi connectivity index (χ1n) is 9.50. The van der Waals surface area contributed by atoms with E-state index in [0.29, 0.717) is 23.6 Å². The fraction of sp³-hybridized carbons (Fsp3) is 0.190. The number of imidazole rings is 1. The number of benzene rings is 2. The summed E-state index contributed by atoms with van der Waals surface area (Å²) in [6.45, 7) is 2.47. The number of nitrogens with one attached hydrogen (secondary N) is 2. The average molecular weight is 407 g/mol. The first-order valence-corrected chi connectivity index (χ1v) is 9.50. The summed E-state index contributed by atoms with van der Waals surface area (Å²) in [4.78, 5) is 20.1. The number of hydrogen-bond donors (Lipinski definition) is 4. The second kappa shape index (κ2) is 6.58. The Labute approximate surface area is 170 Å². The molecule has 0 atom stereocenters. The van der Waals surface area contributed by atoms with Crippen molar-refractivity contribution in [2.24, 2.45) is 0 Å². The minimum Gasteiger partial charge on any atom is -0.505 e. The Bertz CT molecular complexity index is 1290. The van der Waals surface area contributed by atoms with Gasteiger partial charge in [0.25, 0.3) is 0 Å². The highest BCUT2D eigenvalue weighted by Crippen LogP contribution is 2.34. The number of phenols is 1. The number of fused-ring (bicyclic) bond motifs is 2. The number of rotatable bonds is 3. The second-order valence-electron chi connectivity index (χ2n) is 7.30. The maximum Gasteiger partial charge on any atom is 0.408 e. The maximum atomic E-state index is 14.0. The highest BCUT2D eigenvalue weighted by molar-refractivity contribution is 5.94. The fourth-order valence-corrected chi connectivity index (χ4v) is 3.92. The molecule has 0 saturated heterocycles. The van der Waals surface area contributed by atoms with E-state index >= 15 is 0 Å². The van der Waals surface area contributed by atoms with Crippen molar-refractivity contribution in [1.29, 1.82) is 0 Å². The number of carboxylic acid groups (broad SMARTS) is 1. The van der Waals surface area contributed by atoms with E-state index in [9.17, 15) is 14.3 Å². The lowest BCUT2D eigenvalue weighted by Crippen LogP contribution is -2.23. The van der Waals surface area contributed by atoms with Gasteiger partial charge >= 0.3 is 6.09 Å². The summed E-state index contributed by atoms with van der Waals surface area (Å²) < 4.78 is 14.0. The molecule has 152 valence electrons. The number of aromatic amines is 2. The van der Waals surface area contributed by atoms with E-state index in [1.807, 2.05) is 25.1 Å². The summed E-state index contributed by atoms with van der Waals surface area (Å²) in [7, 11) is 0. The van der Waals surface area contributed by atoms with Crippen molar-refractivity contribution in [3.63, 3.8) is 0 Å². The topological polar surface area (TPSA) is 118 Å². The zero-order valence-corrected chi connectivity index (χ0v) is 16.0. The van der Waals surface area contributed by atoms with Crippen molar-refractivity contribution >= 4 is 17.0 Å². The van der Waals surface area contributed by atoms with Gasteiger partial charge in [-0.2, -0.15) is 5.10 Å². The number of hydrogen-bond acceptors (Lipinski definition) is 4. The van der Waals surface area contributed by atoms with Gasteiger partial charge in [-0.15, -0.1) is 0 Å². The lowest BCUT2D eigenvalue weighted by molar-refractivity contribution is 0.144. The van der Waals surface area contributed by atoms with Crippen LogP contribution in [0.1, 0.15) is 23.9 Å². The molecule has 0 fully saturated rings. The van der Waals surface area contributed by atoms with Crippen LogP contribution in [0.3, 0.4) is 0 Å². The van der Waals surface area contributed by atoms with Crippen molar-refractivity contribution in [1.82, 2.24) is 25.1 Å². The first kappa shape index (κ1) is 18.2. The number of aromatic nitrogens is 4. The van der Waals surface area contributed by atoms with Gasteiger partial charge in [-0.05, 0) is 47.4 Å². The lowest BCUT2D eigenvalue weighted by Gasteiger charge is -2.10. The van der Waals surface area contributed by atoms with Crippen LogP contribution in [-0.4, -0.2) is 41.4 Å². The molecule has 1 aliphatic rings. The molecule has 0 aliphatic carbocycles. The molecule has 0 saturated carbocycles. The fourth-order valence-electron chi connectivity index (χ4n) is 3.92. The monoisotopic (exact) mass is 407 g/mol. The first-order chi connectivity index (χ1) is 14.4. The van der Waals surface area contributed by atoms with Gasteiger partial charge < -0.3 is 15.2 Å². The number of amides is 1. The SMILES string of the molecule is CCc1cc(O)c(F)cc1-c1ccc2c(-c3nc4c([nH]3)CN(C(=O)O)C4)n[nH]c2c1. The minimum atomic E-state index is -0.974. The van der Waals surface area contributed by atoms with E-state index in [1.54, 1.807) is 0 Å². The van der Waals surface area contributed by atoms with Crippen LogP contribution in [-0.2, 0) is 19.5 Å². The van der Waals surface area contributed by atoms with Crippen LogP contribution in [0.2, 0.25) is 0 Å². The Kier molecular flexibility index (Phi) is 3.99. The average Bonchev–Trinajstić information content (AvgIpc) is 3.41. The van der Waals surface area contributed by atoms with Gasteiger partial charge in [-0.3, -0.25) is 10.00 Å². The predicted molar refractivity (Wildman–Crippen MR) is 107 cm³/mol. The molecule has 1 amide bonds. The molecular weight excluding hydrogens is 389 g/mol. The van der Waals surface area contributed by atoms with Gasteiger partial charge in [-0.1, -0.05) is 13.0 Å². The number of carbonyl (C=O) groups is 1. The summed E-state index contributed by atoms with van der Waals surface area (Å²) in [5, 5.41) is 27.0. The van der Waals surface area contributed by atoms with Crippen LogP contribution in [0.25, 0.3) is 33.5 Å². The van der Waals surface area contributed by atoms with E-state index in [-0.39, 0.29) is 18.8 Å². The van der Waals surface area contributed by atoms with E-state index in [0.717, 1.165) is 33.3 Å². The molecule has 2 aromatic heterocycles. The summed E-state index contributed by atoms with van der Waals surface area (Å²) >= 11 is 0. The van der Waals surface area contributed by atoms with Crippen LogP contribution in [0.4, 0.5) is 9.18 Å². The number of nitrogens with zero attached hydrogens (tertiary/aromatic N) is 3. The largest absolute Gasteiger partial charge is 0.505 e. The minimum absolute atomic E-state index is 0.250. The Morgan fingerprint density at radius 3 is 2.83 bits per heavy atom. The summed E-state index contributed by atoms with van der Waals surface area (Å²) in [6.07, 6.45) is -0.321. The molecule has 0 spiro atoms. The third-order valence-corrected chi connectivity index (χ3v) is 5.48. The van der Waals surface area contributed by atoms with E-state index in [4.69, 9.17) is 5.11 Å². The molecule has 1 aliphatic heterocycles. The molecule has 3 heterocycles. The van der Waals surface area contributed by atoms with Crippen molar-refractivity contribution in [2.75, 3.05) is 0 Å². The van der Waals surface area contributed by atoms with Crippen LogP contribution >= 0.6 is 0 Å². The van der Waals surface area contributed by atoms with E-state index in [1.165, 1.54) is 17.0 Å². The molecule has 30 heavy (non-hydrogen) atoms. The van der Waals surface area contributed by atoms with Crippen LogP contribution in [0.15, 0.2) is 30.3 Å². The number of halogens is 1. The second-order valence-corrected chi connectivity index (χ2v) is 7.30. The molecule has 0 unspecified atom stereocenters.